The van der Waals surface area contributed by atoms with E-state index in [9.17, 15) is 13.2 Å². The van der Waals surface area contributed by atoms with Gasteiger partial charge in [-0.3, -0.25) is 0 Å². The maximum Gasteiger partial charge on any atom is 0.256 e. The number of hydrogen-bond acceptors (Lipinski definition) is 1. The molecule has 0 aliphatic rings. The van der Waals surface area contributed by atoms with Crippen molar-refractivity contribution in [3.63, 3.8) is 0 Å². The van der Waals surface area contributed by atoms with Crippen LogP contribution >= 0.6 is 11.6 Å². The molecule has 0 saturated heterocycles. The highest BCUT2D eigenvalue weighted by Crippen LogP contribution is 2.22. The number of nitrogens with two attached hydrogens (primary N) is 1. The third-order valence-electron chi connectivity index (χ3n) is 2.07. The molecule has 0 radical (unpaired) electrons. The highest BCUT2D eigenvalue weighted by Gasteiger charge is 2.30. The summed E-state index contributed by atoms with van der Waals surface area (Å²) >= 11 is 5.52. The summed E-state index contributed by atoms with van der Waals surface area (Å²) in [4.78, 5) is 0. The summed E-state index contributed by atoms with van der Waals surface area (Å²) in [6.45, 7) is 1.24. The summed E-state index contributed by atoms with van der Waals surface area (Å²) in [6.07, 6.45) is -2.69. The smallest absolute Gasteiger partial charge is 0.256 e. The summed E-state index contributed by atoms with van der Waals surface area (Å²) in [7, 11) is 0. The molecule has 0 bridgehead atoms. The van der Waals surface area contributed by atoms with Gasteiger partial charge in [0.2, 0.25) is 0 Å². The zero-order valence-electron chi connectivity index (χ0n) is 8.11. The van der Waals surface area contributed by atoms with E-state index in [0.717, 1.165) is 6.07 Å². The van der Waals surface area contributed by atoms with Crippen LogP contribution in [0.1, 0.15) is 12.5 Å². The Kier molecular flexibility index (Phi) is 3.62. The second-order valence-electron chi connectivity index (χ2n) is 3.73. The summed E-state index contributed by atoms with van der Waals surface area (Å²) in [5.41, 5.74) is 4.26. The molecule has 0 fully saturated rings. The quantitative estimate of drug-likeness (QED) is 0.859. The maximum absolute atomic E-state index is 12.8. The molecule has 0 aromatic heterocycles. The first kappa shape index (κ1) is 12.3. The van der Waals surface area contributed by atoms with E-state index < -0.39 is 17.8 Å². The molecular weight excluding hydrogens is 227 g/mol. The molecule has 1 nitrogen and oxygen atoms in total. The number of hydrogen-bond donors (Lipinski definition) is 1. The predicted octanol–water partition coefficient (Wildman–Crippen LogP) is 3.00. The van der Waals surface area contributed by atoms with Crippen molar-refractivity contribution >= 4 is 11.6 Å². The molecule has 1 rings (SSSR count). The van der Waals surface area contributed by atoms with Crippen molar-refractivity contribution in [2.75, 3.05) is 0 Å². The molecule has 0 aliphatic carbocycles. The number of alkyl halides is 2. The van der Waals surface area contributed by atoms with E-state index in [2.05, 4.69) is 0 Å². The van der Waals surface area contributed by atoms with Crippen LogP contribution in [-0.2, 0) is 6.42 Å². The van der Waals surface area contributed by atoms with E-state index in [-0.39, 0.29) is 11.4 Å². The van der Waals surface area contributed by atoms with Crippen molar-refractivity contribution in [3.8, 4) is 0 Å². The minimum absolute atomic E-state index is 0.0509. The monoisotopic (exact) mass is 237 g/mol. The van der Waals surface area contributed by atoms with E-state index in [0.29, 0.717) is 5.56 Å². The fourth-order valence-corrected chi connectivity index (χ4v) is 1.37. The minimum atomic E-state index is -2.64. The van der Waals surface area contributed by atoms with Crippen LogP contribution in [0, 0.1) is 5.82 Å². The number of rotatable bonds is 3. The fourth-order valence-electron chi connectivity index (χ4n) is 1.17. The van der Waals surface area contributed by atoms with Gasteiger partial charge in [-0.2, -0.15) is 0 Å². The molecule has 0 aliphatic heterocycles. The Balaban J connectivity index is 2.86. The molecule has 0 amide bonds. The molecular formula is C10H11ClF3N. The lowest BCUT2D eigenvalue weighted by atomic mass is 9.94. The molecule has 1 aromatic carbocycles. The first-order valence-corrected chi connectivity index (χ1v) is 4.71. The Morgan fingerprint density at radius 1 is 1.47 bits per heavy atom. The van der Waals surface area contributed by atoms with E-state index in [1.165, 1.54) is 19.1 Å². The Morgan fingerprint density at radius 3 is 2.53 bits per heavy atom. The van der Waals surface area contributed by atoms with Crippen LogP contribution in [0.15, 0.2) is 18.2 Å². The van der Waals surface area contributed by atoms with Crippen LogP contribution in [0.3, 0.4) is 0 Å². The van der Waals surface area contributed by atoms with Gasteiger partial charge in [-0.1, -0.05) is 17.7 Å². The fraction of sp³-hybridized carbons (Fsp3) is 0.400. The van der Waals surface area contributed by atoms with Gasteiger partial charge in [0.25, 0.3) is 6.43 Å². The second-order valence-corrected chi connectivity index (χ2v) is 4.14. The Hall–Kier alpha value is -0.740. The molecule has 2 N–H and O–H groups in total. The van der Waals surface area contributed by atoms with Gasteiger partial charge in [-0.15, -0.1) is 0 Å². The average molecular weight is 238 g/mol. The molecule has 0 spiro atoms. The van der Waals surface area contributed by atoms with Gasteiger partial charge in [-0.25, -0.2) is 13.2 Å². The lowest BCUT2D eigenvalue weighted by Gasteiger charge is -2.23. The van der Waals surface area contributed by atoms with Crippen molar-refractivity contribution < 1.29 is 13.2 Å². The standard InChI is InChI=1S/C10H11ClF3N/c1-10(15,9(13)14)5-6-2-3-8(12)7(11)4-6/h2-4,9H,5,15H2,1H3. The van der Waals surface area contributed by atoms with E-state index in [1.54, 1.807) is 0 Å². The summed E-state index contributed by atoms with van der Waals surface area (Å²) < 4.78 is 37.7. The van der Waals surface area contributed by atoms with E-state index in [1.807, 2.05) is 0 Å². The van der Waals surface area contributed by atoms with Gasteiger partial charge in [0.05, 0.1) is 10.6 Å². The third kappa shape index (κ3) is 3.11. The Morgan fingerprint density at radius 2 is 2.07 bits per heavy atom. The summed E-state index contributed by atoms with van der Waals surface area (Å²) in [5.74, 6) is -0.573. The molecule has 0 heterocycles. The first-order valence-electron chi connectivity index (χ1n) is 4.34. The van der Waals surface area contributed by atoms with Crippen LogP contribution in [0.4, 0.5) is 13.2 Å². The van der Waals surface area contributed by atoms with Crippen molar-refractivity contribution in [1.29, 1.82) is 0 Å². The SMILES string of the molecule is CC(N)(Cc1ccc(F)c(Cl)c1)C(F)F. The second kappa shape index (κ2) is 4.41. The van der Waals surface area contributed by atoms with Crippen LogP contribution in [0.2, 0.25) is 5.02 Å². The highest BCUT2D eigenvalue weighted by atomic mass is 35.5. The molecule has 1 aromatic rings. The third-order valence-corrected chi connectivity index (χ3v) is 2.36. The molecule has 5 heteroatoms. The Labute approximate surface area is 91.0 Å². The van der Waals surface area contributed by atoms with Crippen LogP contribution in [-0.4, -0.2) is 12.0 Å². The molecule has 0 saturated carbocycles. The van der Waals surface area contributed by atoms with Crippen LogP contribution in [0.25, 0.3) is 0 Å². The van der Waals surface area contributed by atoms with E-state index in [4.69, 9.17) is 17.3 Å². The zero-order valence-corrected chi connectivity index (χ0v) is 8.86. The van der Waals surface area contributed by atoms with Crippen molar-refractivity contribution in [3.05, 3.63) is 34.6 Å². The van der Waals surface area contributed by atoms with Gasteiger partial charge in [0, 0.05) is 0 Å². The minimum Gasteiger partial charge on any atom is -0.320 e. The lowest BCUT2D eigenvalue weighted by molar-refractivity contribution is 0.0639. The van der Waals surface area contributed by atoms with Crippen LogP contribution < -0.4 is 5.73 Å². The maximum atomic E-state index is 12.8. The lowest BCUT2D eigenvalue weighted by Crippen LogP contribution is -2.45. The molecule has 1 unspecified atom stereocenters. The van der Waals surface area contributed by atoms with Gasteiger partial charge in [-0.05, 0) is 31.0 Å². The summed E-state index contributed by atoms with van der Waals surface area (Å²) in [5, 5.41) is -0.0856. The van der Waals surface area contributed by atoms with Crippen molar-refractivity contribution in [1.82, 2.24) is 0 Å². The number of halogens is 4. The first-order chi connectivity index (χ1) is 6.83. The predicted molar refractivity (Wildman–Crippen MR) is 53.7 cm³/mol. The van der Waals surface area contributed by atoms with E-state index >= 15 is 0 Å². The van der Waals surface area contributed by atoms with Gasteiger partial charge >= 0.3 is 0 Å². The highest BCUT2D eigenvalue weighted by molar-refractivity contribution is 6.30. The van der Waals surface area contributed by atoms with Crippen molar-refractivity contribution in [2.45, 2.75) is 25.3 Å². The Bertz CT molecular complexity index is 353. The topological polar surface area (TPSA) is 26.0 Å². The average Bonchev–Trinajstić information content (AvgIpc) is 2.10. The van der Waals surface area contributed by atoms with Crippen molar-refractivity contribution in [2.24, 2.45) is 5.73 Å². The van der Waals surface area contributed by atoms with Gasteiger partial charge in [0.15, 0.2) is 0 Å². The van der Waals surface area contributed by atoms with Gasteiger partial charge < -0.3 is 5.73 Å². The largest absolute Gasteiger partial charge is 0.320 e. The molecule has 15 heavy (non-hydrogen) atoms. The number of benzene rings is 1. The molecule has 1 atom stereocenters. The van der Waals surface area contributed by atoms with Crippen LogP contribution in [0.5, 0.6) is 0 Å². The summed E-state index contributed by atoms with van der Waals surface area (Å²) in [6, 6.07) is 3.85. The zero-order chi connectivity index (χ0) is 11.6. The normalized spacial score (nSPS) is 15.4. The molecule has 84 valence electrons. The van der Waals surface area contributed by atoms with Gasteiger partial charge in [0.1, 0.15) is 5.82 Å².